The number of hydrogen-bond acceptors (Lipinski definition) is 4. The zero-order chi connectivity index (χ0) is 20.7. The minimum absolute atomic E-state index is 0.173. The third-order valence-electron chi connectivity index (χ3n) is 5.38. The number of halogens is 1. The molecule has 5 rings (SSSR count). The van der Waals surface area contributed by atoms with Crippen molar-refractivity contribution in [3.63, 3.8) is 0 Å². The number of allylic oxidation sites excluding steroid dienone is 1. The summed E-state index contributed by atoms with van der Waals surface area (Å²) in [5, 5.41) is 0. The highest BCUT2D eigenvalue weighted by molar-refractivity contribution is 6.15. The monoisotopic (exact) mass is 401 g/mol. The molecule has 0 aromatic heterocycles. The molecule has 0 spiro atoms. The molecule has 0 N–H and O–H groups in total. The zero-order valence-electron chi connectivity index (χ0n) is 16.5. The Kier molecular flexibility index (Phi) is 4.60. The fraction of sp³-hybridized carbons (Fsp3) is 0.160. The minimum atomic E-state index is -0.320. The third kappa shape index (κ3) is 3.48. The number of benzene rings is 3. The fourth-order valence-electron chi connectivity index (χ4n) is 3.77. The number of ether oxygens (including phenoxy) is 2. The second kappa shape index (κ2) is 7.43. The summed E-state index contributed by atoms with van der Waals surface area (Å²) in [7, 11) is 0. The molecule has 0 aliphatic carbocycles. The van der Waals surface area contributed by atoms with Crippen molar-refractivity contribution in [2.75, 3.05) is 6.73 Å². The Hall–Kier alpha value is -3.44. The number of ketones is 1. The second-order valence-corrected chi connectivity index (χ2v) is 7.66. The van der Waals surface area contributed by atoms with Gasteiger partial charge in [-0.15, -0.1) is 0 Å². The van der Waals surface area contributed by atoms with Crippen LogP contribution in [0.4, 0.5) is 4.39 Å². The van der Waals surface area contributed by atoms with Gasteiger partial charge >= 0.3 is 0 Å². The molecule has 5 heteroatoms. The summed E-state index contributed by atoms with van der Waals surface area (Å²) in [5.41, 5.74) is 4.54. The Morgan fingerprint density at radius 1 is 1.03 bits per heavy atom. The van der Waals surface area contributed by atoms with E-state index in [0.29, 0.717) is 30.2 Å². The molecular weight excluding hydrogens is 381 g/mol. The van der Waals surface area contributed by atoms with Gasteiger partial charge in [-0.3, -0.25) is 9.69 Å². The van der Waals surface area contributed by atoms with E-state index in [1.807, 2.05) is 6.07 Å². The average molecular weight is 401 g/mol. The maximum Gasteiger partial charge on any atom is 0.231 e. The van der Waals surface area contributed by atoms with Gasteiger partial charge in [0.2, 0.25) is 5.78 Å². The molecule has 3 aromatic rings. The van der Waals surface area contributed by atoms with Gasteiger partial charge in [0.25, 0.3) is 0 Å². The van der Waals surface area contributed by atoms with Crippen molar-refractivity contribution in [3.05, 3.63) is 100 Å². The van der Waals surface area contributed by atoms with Crippen LogP contribution in [0, 0.1) is 12.7 Å². The topological polar surface area (TPSA) is 38.8 Å². The van der Waals surface area contributed by atoms with Crippen molar-refractivity contribution in [2.45, 2.75) is 20.0 Å². The number of nitrogens with zero attached hydrogens (tertiary/aromatic N) is 1. The van der Waals surface area contributed by atoms with Crippen molar-refractivity contribution in [1.82, 2.24) is 4.90 Å². The predicted molar refractivity (Wildman–Crippen MR) is 112 cm³/mol. The molecule has 2 aliphatic heterocycles. The lowest BCUT2D eigenvalue weighted by atomic mass is 10.0. The number of Topliss-reactive ketones (excluding diaryl/α,β-unsaturated/α-hetero) is 1. The summed E-state index contributed by atoms with van der Waals surface area (Å²) in [6.07, 6.45) is 1.64. The molecule has 0 amide bonds. The van der Waals surface area contributed by atoms with E-state index in [1.54, 1.807) is 24.3 Å². The first kappa shape index (κ1) is 18.6. The van der Waals surface area contributed by atoms with Gasteiger partial charge in [-0.05, 0) is 48.4 Å². The number of fused-ring (bicyclic) bond motifs is 3. The van der Waals surface area contributed by atoms with Crippen LogP contribution in [-0.2, 0) is 13.1 Å². The highest BCUT2D eigenvalue weighted by atomic mass is 19.1. The van der Waals surface area contributed by atoms with Gasteiger partial charge in [0.1, 0.15) is 24.0 Å². The molecule has 0 saturated heterocycles. The molecule has 150 valence electrons. The number of rotatable bonds is 3. The van der Waals surface area contributed by atoms with E-state index in [0.717, 1.165) is 17.9 Å². The van der Waals surface area contributed by atoms with Crippen molar-refractivity contribution < 1.29 is 18.7 Å². The standard InChI is InChI=1S/C25H20FNO3/c1-16-2-4-18(5-3-16)13-27-14-21-22(29-15-27)11-10-20-24(28)23(30-25(20)21)12-17-6-8-19(26)9-7-17/h2-12H,13-15H2,1H3/b23-12-. The van der Waals surface area contributed by atoms with E-state index >= 15 is 0 Å². The summed E-state index contributed by atoms with van der Waals surface area (Å²) >= 11 is 0. The maximum atomic E-state index is 13.2. The Morgan fingerprint density at radius 3 is 2.57 bits per heavy atom. The Balaban J connectivity index is 1.41. The van der Waals surface area contributed by atoms with E-state index in [4.69, 9.17) is 9.47 Å². The quantitative estimate of drug-likeness (QED) is 0.572. The molecule has 0 bridgehead atoms. The second-order valence-electron chi connectivity index (χ2n) is 7.66. The lowest BCUT2D eigenvalue weighted by molar-refractivity contribution is 0.0873. The number of hydrogen-bond donors (Lipinski definition) is 0. The highest BCUT2D eigenvalue weighted by Crippen LogP contribution is 2.42. The van der Waals surface area contributed by atoms with Gasteiger partial charge < -0.3 is 9.47 Å². The van der Waals surface area contributed by atoms with Gasteiger partial charge in [0.05, 0.1) is 11.1 Å². The molecule has 0 saturated carbocycles. The van der Waals surface area contributed by atoms with E-state index < -0.39 is 0 Å². The summed E-state index contributed by atoms with van der Waals surface area (Å²) in [4.78, 5) is 15.0. The molecule has 0 atom stereocenters. The lowest BCUT2D eigenvalue weighted by Gasteiger charge is -2.29. The van der Waals surface area contributed by atoms with Crippen molar-refractivity contribution in [3.8, 4) is 11.5 Å². The summed E-state index contributed by atoms with van der Waals surface area (Å²) < 4.78 is 25.1. The van der Waals surface area contributed by atoms with Crippen LogP contribution >= 0.6 is 0 Å². The van der Waals surface area contributed by atoms with Crippen LogP contribution in [0.5, 0.6) is 11.5 Å². The highest BCUT2D eigenvalue weighted by Gasteiger charge is 2.33. The lowest BCUT2D eigenvalue weighted by Crippen LogP contribution is -2.31. The molecule has 2 aliphatic rings. The first-order chi connectivity index (χ1) is 14.6. The molecule has 0 radical (unpaired) electrons. The molecule has 30 heavy (non-hydrogen) atoms. The van der Waals surface area contributed by atoms with Crippen LogP contribution in [0.2, 0.25) is 0 Å². The predicted octanol–water partition coefficient (Wildman–Crippen LogP) is 5.10. The largest absolute Gasteiger partial charge is 0.478 e. The van der Waals surface area contributed by atoms with Crippen LogP contribution in [-0.4, -0.2) is 17.4 Å². The zero-order valence-corrected chi connectivity index (χ0v) is 16.5. The average Bonchev–Trinajstić information content (AvgIpc) is 3.07. The SMILES string of the molecule is Cc1ccc(CN2COc3ccc4c(c3C2)O/C(=C\c2ccc(F)cc2)C4=O)cc1. The smallest absolute Gasteiger partial charge is 0.231 e. The van der Waals surface area contributed by atoms with E-state index in [2.05, 4.69) is 36.1 Å². The molecule has 4 nitrogen and oxygen atoms in total. The first-order valence-corrected chi connectivity index (χ1v) is 9.83. The Labute approximate surface area is 174 Å². The van der Waals surface area contributed by atoms with Gasteiger partial charge in [-0.1, -0.05) is 42.0 Å². The Morgan fingerprint density at radius 2 is 1.80 bits per heavy atom. The number of aryl methyl sites for hydroxylation is 1. The van der Waals surface area contributed by atoms with Gasteiger partial charge in [0.15, 0.2) is 5.76 Å². The summed E-state index contributed by atoms with van der Waals surface area (Å²) in [6, 6.07) is 18.0. The van der Waals surface area contributed by atoms with E-state index in [9.17, 15) is 9.18 Å². The van der Waals surface area contributed by atoms with Crippen molar-refractivity contribution in [2.24, 2.45) is 0 Å². The summed E-state index contributed by atoms with van der Waals surface area (Å²) in [5.74, 6) is 1.04. The number of carbonyl (C=O) groups excluding carboxylic acids is 1. The molecule has 2 heterocycles. The van der Waals surface area contributed by atoms with Crippen LogP contribution in [0.3, 0.4) is 0 Å². The molecule has 0 unspecified atom stereocenters. The summed E-state index contributed by atoms with van der Waals surface area (Å²) in [6.45, 7) is 3.92. The van der Waals surface area contributed by atoms with Crippen LogP contribution in [0.25, 0.3) is 6.08 Å². The van der Waals surface area contributed by atoms with Crippen molar-refractivity contribution >= 4 is 11.9 Å². The van der Waals surface area contributed by atoms with Gasteiger partial charge in [-0.2, -0.15) is 0 Å². The molecule has 3 aromatic carbocycles. The van der Waals surface area contributed by atoms with E-state index in [1.165, 1.54) is 23.3 Å². The van der Waals surface area contributed by atoms with Gasteiger partial charge in [-0.25, -0.2) is 4.39 Å². The van der Waals surface area contributed by atoms with E-state index in [-0.39, 0.29) is 17.4 Å². The van der Waals surface area contributed by atoms with Gasteiger partial charge in [0, 0.05) is 13.1 Å². The molecule has 0 fully saturated rings. The first-order valence-electron chi connectivity index (χ1n) is 9.83. The maximum absolute atomic E-state index is 13.2. The van der Waals surface area contributed by atoms with Crippen LogP contribution in [0.15, 0.2) is 66.4 Å². The normalized spacial score (nSPS) is 16.7. The third-order valence-corrected chi connectivity index (χ3v) is 5.38. The number of carbonyl (C=O) groups is 1. The fourth-order valence-corrected chi connectivity index (χ4v) is 3.77. The Bertz CT molecular complexity index is 1150. The van der Waals surface area contributed by atoms with Crippen LogP contribution < -0.4 is 9.47 Å². The minimum Gasteiger partial charge on any atom is -0.478 e. The van der Waals surface area contributed by atoms with Crippen molar-refractivity contribution in [1.29, 1.82) is 0 Å². The molecular formula is C25H20FNO3. The van der Waals surface area contributed by atoms with Crippen LogP contribution in [0.1, 0.15) is 32.6 Å².